The number of carbonyl (C=O) groups is 2. The third-order valence-corrected chi connectivity index (χ3v) is 9.00. The van der Waals surface area contributed by atoms with Crippen molar-refractivity contribution in [2.75, 3.05) is 26.2 Å². The summed E-state index contributed by atoms with van der Waals surface area (Å²) in [4.78, 5) is 28.8. The quantitative estimate of drug-likeness (QED) is 0.143. The topological polar surface area (TPSA) is 111 Å². The van der Waals surface area contributed by atoms with E-state index in [0.717, 1.165) is 5.56 Å². The molecule has 1 aliphatic rings. The molecule has 12 heteroatoms. The summed E-state index contributed by atoms with van der Waals surface area (Å²) < 4.78 is 17.1. The molecule has 1 N–H and O–H groups in total. The van der Waals surface area contributed by atoms with Crippen LogP contribution in [0.15, 0.2) is 75.6 Å². The molecule has 5 rings (SSSR count). The van der Waals surface area contributed by atoms with E-state index in [1.54, 1.807) is 29.6 Å². The van der Waals surface area contributed by atoms with Gasteiger partial charge in [0.2, 0.25) is 16.7 Å². The van der Waals surface area contributed by atoms with E-state index in [-0.39, 0.29) is 10.7 Å². The Morgan fingerprint density at radius 2 is 1.74 bits per heavy atom. The lowest BCUT2D eigenvalue weighted by molar-refractivity contribution is -0.117. The number of ketones is 1. The van der Waals surface area contributed by atoms with Crippen molar-refractivity contribution in [1.29, 1.82) is 0 Å². The molecule has 4 aromatic rings. The molecule has 0 bridgehead atoms. The lowest BCUT2D eigenvalue weighted by Crippen LogP contribution is -2.31. The van der Waals surface area contributed by atoms with E-state index in [1.807, 2.05) is 30.3 Å². The van der Waals surface area contributed by atoms with Crippen molar-refractivity contribution < 1.29 is 28.9 Å². The molecule has 0 aliphatic carbocycles. The Hall–Kier alpha value is -3.87. The van der Waals surface area contributed by atoms with Crippen LogP contribution in [0.3, 0.4) is 0 Å². The number of hydrogen-bond acceptors (Lipinski definition) is 11. The van der Waals surface area contributed by atoms with Gasteiger partial charge in [0, 0.05) is 5.75 Å². The molecule has 1 amide bonds. The standard InChI is InChI=1S/C27H23N3O6S3/c1-34-17-12-16(13-18(35-2)24(17)36-3)21-20(22(31)19-10-7-11-37-19)23(32)25(33)30(21)26-28-29-27(39-26)38-14-15-8-5-4-6-9-15/h4-13,21,32H,14H2,1-3H3. The average Bonchev–Trinajstić information content (AvgIpc) is 3.72. The summed E-state index contributed by atoms with van der Waals surface area (Å²) in [6.45, 7) is 0. The summed E-state index contributed by atoms with van der Waals surface area (Å²) in [5, 5.41) is 21.6. The first-order valence-electron chi connectivity index (χ1n) is 11.6. The van der Waals surface area contributed by atoms with Gasteiger partial charge < -0.3 is 19.3 Å². The number of amides is 1. The molecule has 1 atom stereocenters. The van der Waals surface area contributed by atoms with E-state index in [9.17, 15) is 14.7 Å². The van der Waals surface area contributed by atoms with Crippen molar-refractivity contribution >= 4 is 51.3 Å². The molecule has 0 spiro atoms. The van der Waals surface area contributed by atoms with Crippen LogP contribution in [-0.2, 0) is 10.5 Å². The Morgan fingerprint density at radius 1 is 1.03 bits per heavy atom. The molecular formula is C27H23N3O6S3. The lowest BCUT2D eigenvalue weighted by atomic mass is 9.95. The van der Waals surface area contributed by atoms with Gasteiger partial charge in [0.05, 0.1) is 37.8 Å². The fourth-order valence-electron chi connectivity index (χ4n) is 4.23. The monoisotopic (exact) mass is 581 g/mol. The van der Waals surface area contributed by atoms with Gasteiger partial charge in [0.1, 0.15) is 0 Å². The van der Waals surface area contributed by atoms with Gasteiger partial charge in [-0.3, -0.25) is 14.5 Å². The Morgan fingerprint density at radius 3 is 2.36 bits per heavy atom. The van der Waals surface area contributed by atoms with Crippen molar-refractivity contribution in [3.05, 3.63) is 87.3 Å². The Balaban J connectivity index is 1.58. The Labute approximate surface area is 236 Å². The summed E-state index contributed by atoms with van der Waals surface area (Å²) in [5.41, 5.74) is 1.52. The molecule has 1 aliphatic heterocycles. The van der Waals surface area contributed by atoms with E-state index in [4.69, 9.17) is 14.2 Å². The lowest BCUT2D eigenvalue weighted by Gasteiger charge is -2.25. The number of thioether (sulfide) groups is 1. The van der Waals surface area contributed by atoms with Crippen LogP contribution in [0.5, 0.6) is 17.2 Å². The summed E-state index contributed by atoms with van der Waals surface area (Å²) in [5.74, 6) is -0.138. The molecule has 200 valence electrons. The van der Waals surface area contributed by atoms with Gasteiger partial charge in [-0.05, 0) is 34.7 Å². The molecular weight excluding hydrogens is 559 g/mol. The molecule has 0 saturated heterocycles. The number of ether oxygens (including phenoxy) is 3. The maximum Gasteiger partial charge on any atom is 0.296 e. The second-order valence-electron chi connectivity index (χ2n) is 8.23. The highest BCUT2D eigenvalue weighted by Crippen LogP contribution is 2.48. The number of methoxy groups -OCH3 is 3. The maximum absolute atomic E-state index is 13.6. The first-order valence-corrected chi connectivity index (χ1v) is 14.3. The number of rotatable bonds is 10. The highest BCUT2D eigenvalue weighted by Gasteiger charge is 2.47. The van der Waals surface area contributed by atoms with Crippen LogP contribution in [-0.4, -0.2) is 48.3 Å². The Bertz CT molecular complexity index is 1510. The second kappa shape index (κ2) is 11.5. The molecule has 0 radical (unpaired) electrons. The minimum atomic E-state index is -1.01. The van der Waals surface area contributed by atoms with E-state index >= 15 is 0 Å². The number of aliphatic hydroxyl groups excluding tert-OH is 1. The molecule has 1 unspecified atom stereocenters. The van der Waals surface area contributed by atoms with Crippen LogP contribution in [0.2, 0.25) is 0 Å². The average molecular weight is 582 g/mol. The van der Waals surface area contributed by atoms with Crippen molar-refractivity contribution in [2.24, 2.45) is 0 Å². The predicted molar refractivity (Wildman–Crippen MR) is 151 cm³/mol. The van der Waals surface area contributed by atoms with E-state index in [1.165, 1.54) is 60.7 Å². The zero-order valence-electron chi connectivity index (χ0n) is 21.1. The zero-order chi connectivity index (χ0) is 27.5. The number of Topliss-reactive ketones (excluding diaryl/α,β-unsaturated/α-hetero) is 1. The van der Waals surface area contributed by atoms with Gasteiger partial charge in [-0.1, -0.05) is 59.5 Å². The molecule has 3 heterocycles. The van der Waals surface area contributed by atoms with Gasteiger partial charge >= 0.3 is 0 Å². The number of aliphatic hydroxyl groups is 1. The molecule has 9 nitrogen and oxygen atoms in total. The minimum Gasteiger partial charge on any atom is -0.503 e. The van der Waals surface area contributed by atoms with Gasteiger partial charge in [-0.2, -0.15) is 0 Å². The second-order valence-corrected chi connectivity index (χ2v) is 11.4. The molecule has 2 aromatic heterocycles. The van der Waals surface area contributed by atoms with Crippen LogP contribution in [0.25, 0.3) is 0 Å². The molecule has 0 fully saturated rings. The third kappa shape index (κ3) is 5.10. The third-order valence-electron chi connectivity index (χ3n) is 6.01. The van der Waals surface area contributed by atoms with E-state index in [0.29, 0.717) is 37.8 Å². The van der Waals surface area contributed by atoms with Gasteiger partial charge in [-0.25, -0.2) is 0 Å². The first kappa shape index (κ1) is 26.7. The number of anilines is 1. The van der Waals surface area contributed by atoms with Crippen molar-refractivity contribution in [2.45, 2.75) is 16.1 Å². The van der Waals surface area contributed by atoms with Crippen LogP contribution in [0, 0.1) is 0 Å². The predicted octanol–water partition coefficient (Wildman–Crippen LogP) is 5.70. The summed E-state index contributed by atoms with van der Waals surface area (Å²) in [7, 11) is 4.44. The highest BCUT2D eigenvalue weighted by atomic mass is 32.2. The highest BCUT2D eigenvalue weighted by molar-refractivity contribution is 8.00. The molecule has 2 aromatic carbocycles. The largest absolute Gasteiger partial charge is 0.503 e. The van der Waals surface area contributed by atoms with Crippen LogP contribution < -0.4 is 19.1 Å². The van der Waals surface area contributed by atoms with Gasteiger partial charge in [0.15, 0.2) is 21.6 Å². The molecule has 0 saturated carbocycles. The smallest absolute Gasteiger partial charge is 0.296 e. The van der Waals surface area contributed by atoms with Gasteiger partial charge in [-0.15, -0.1) is 21.5 Å². The number of aromatic nitrogens is 2. The van der Waals surface area contributed by atoms with Crippen LogP contribution in [0.1, 0.15) is 26.8 Å². The minimum absolute atomic E-state index is 0.0644. The summed E-state index contributed by atoms with van der Waals surface area (Å²) in [6, 6.07) is 15.6. The number of hydrogen-bond donors (Lipinski definition) is 1. The number of nitrogens with zero attached hydrogens (tertiary/aromatic N) is 3. The fourth-order valence-corrected chi connectivity index (χ4v) is 6.73. The van der Waals surface area contributed by atoms with Crippen molar-refractivity contribution in [1.82, 2.24) is 10.2 Å². The maximum atomic E-state index is 13.6. The van der Waals surface area contributed by atoms with E-state index < -0.39 is 23.5 Å². The van der Waals surface area contributed by atoms with Gasteiger partial charge in [0.25, 0.3) is 5.91 Å². The zero-order valence-corrected chi connectivity index (χ0v) is 23.6. The van der Waals surface area contributed by atoms with Crippen molar-refractivity contribution in [3.63, 3.8) is 0 Å². The number of thiophene rings is 1. The number of benzene rings is 2. The Kier molecular flexibility index (Phi) is 7.87. The van der Waals surface area contributed by atoms with Crippen LogP contribution in [0.4, 0.5) is 5.13 Å². The van der Waals surface area contributed by atoms with E-state index in [2.05, 4.69) is 10.2 Å². The van der Waals surface area contributed by atoms with Crippen LogP contribution >= 0.6 is 34.4 Å². The normalized spacial score (nSPS) is 15.1. The number of carbonyl (C=O) groups excluding carboxylic acids is 2. The molecule has 39 heavy (non-hydrogen) atoms. The summed E-state index contributed by atoms with van der Waals surface area (Å²) in [6.07, 6.45) is 0. The SMILES string of the molecule is COc1cc(C2C(C(=O)c3cccs3)=C(O)C(=O)N2c2nnc(SCc3ccccc3)s2)cc(OC)c1OC. The van der Waals surface area contributed by atoms with Crippen molar-refractivity contribution in [3.8, 4) is 17.2 Å². The summed E-state index contributed by atoms with van der Waals surface area (Å²) >= 11 is 3.91. The first-order chi connectivity index (χ1) is 19.0. The fraction of sp³-hybridized carbons (Fsp3) is 0.185.